The summed E-state index contributed by atoms with van der Waals surface area (Å²) in [6, 6.07) is 3.68. The fourth-order valence-electron chi connectivity index (χ4n) is 1.54. The molecule has 2 rings (SSSR count). The number of aromatic carboxylic acids is 1. The first kappa shape index (κ1) is 8.74. The quantitative estimate of drug-likeness (QED) is 0.784. The first-order valence-corrected chi connectivity index (χ1v) is 4.41. The predicted molar refractivity (Wildman–Crippen MR) is 52.4 cm³/mol. The molecule has 0 amide bonds. The number of aromatic nitrogens is 2. The number of hydrogen-bond acceptors (Lipinski definition) is 2. The number of fused-ring (bicyclic) bond motifs is 1. The maximum Gasteiger partial charge on any atom is 0.339 e. The molecule has 0 atom stereocenters. The van der Waals surface area contributed by atoms with E-state index >= 15 is 0 Å². The third-order valence-electron chi connectivity index (χ3n) is 2.21. The maximum atomic E-state index is 10.9. The predicted octanol–water partition coefficient (Wildman–Crippen LogP) is 1.75. The van der Waals surface area contributed by atoms with Gasteiger partial charge in [-0.1, -0.05) is 0 Å². The Labute approximate surface area is 80.8 Å². The van der Waals surface area contributed by atoms with E-state index in [9.17, 15) is 4.79 Å². The van der Waals surface area contributed by atoms with E-state index in [4.69, 9.17) is 5.11 Å². The molecule has 4 nitrogen and oxygen atoms in total. The van der Waals surface area contributed by atoms with Gasteiger partial charge in [0.25, 0.3) is 0 Å². The lowest BCUT2D eigenvalue weighted by molar-refractivity contribution is 0.0698. The van der Waals surface area contributed by atoms with Gasteiger partial charge in [-0.2, -0.15) is 0 Å². The molecule has 0 unspecified atom stereocenters. The van der Waals surface area contributed by atoms with E-state index in [-0.39, 0.29) is 5.56 Å². The fraction of sp³-hybridized carbons (Fsp3) is 0.200. The van der Waals surface area contributed by atoms with E-state index in [1.807, 2.05) is 17.6 Å². The Morgan fingerprint density at radius 1 is 1.64 bits per heavy atom. The van der Waals surface area contributed by atoms with Crippen molar-refractivity contribution in [3.63, 3.8) is 0 Å². The minimum Gasteiger partial charge on any atom is -0.478 e. The Morgan fingerprint density at radius 2 is 2.43 bits per heavy atom. The number of nitrogens with zero attached hydrogens (tertiary/aromatic N) is 2. The number of rotatable bonds is 2. The van der Waals surface area contributed by atoms with E-state index in [1.54, 1.807) is 18.5 Å². The zero-order valence-electron chi connectivity index (χ0n) is 7.77. The summed E-state index contributed by atoms with van der Waals surface area (Å²) >= 11 is 0. The largest absolute Gasteiger partial charge is 0.478 e. The van der Waals surface area contributed by atoms with Crippen LogP contribution in [0.15, 0.2) is 24.5 Å². The highest BCUT2D eigenvalue weighted by Gasteiger charge is 2.13. The van der Waals surface area contributed by atoms with Crippen LogP contribution in [-0.4, -0.2) is 20.6 Å². The van der Waals surface area contributed by atoms with E-state index in [0.717, 1.165) is 12.1 Å². The molecule has 0 aliphatic carbocycles. The van der Waals surface area contributed by atoms with Crippen LogP contribution in [-0.2, 0) is 6.54 Å². The molecule has 0 aliphatic rings. The molecule has 0 aliphatic heterocycles. The van der Waals surface area contributed by atoms with Crippen molar-refractivity contribution in [2.75, 3.05) is 0 Å². The normalized spacial score (nSPS) is 10.6. The first-order valence-electron chi connectivity index (χ1n) is 4.41. The number of aryl methyl sites for hydroxylation is 1. The first-order chi connectivity index (χ1) is 6.74. The van der Waals surface area contributed by atoms with E-state index in [0.29, 0.717) is 5.52 Å². The summed E-state index contributed by atoms with van der Waals surface area (Å²) in [7, 11) is 0. The minimum atomic E-state index is -0.930. The second-order valence-electron chi connectivity index (χ2n) is 3.01. The zero-order chi connectivity index (χ0) is 10.1. The van der Waals surface area contributed by atoms with Gasteiger partial charge in [-0.15, -0.1) is 0 Å². The van der Waals surface area contributed by atoms with Crippen LogP contribution in [0, 0.1) is 0 Å². The Kier molecular flexibility index (Phi) is 1.96. The van der Waals surface area contributed by atoms with Crippen LogP contribution in [0.1, 0.15) is 17.3 Å². The summed E-state index contributed by atoms with van der Waals surface area (Å²) < 4.78 is 1.88. The van der Waals surface area contributed by atoms with Crippen LogP contribution in [0.3, 0.4) is 0 Å². The van der Waals surface area contributed by atoms with Gasteiger partial charge in [0.2, 0.25) is 0 Å². The van der Waals surface area contributed by atoms with E-state index < -0.39 is 5.97 Å². The molecular formula is C10H10N2O2. The highest BCUT2D eigenvalue weighted by Crippen LogP contribution is 2.18. The van der Waals surface area contributed by atoms with Crippen molar-refractivity contribution in [2.45, 2.75) is 13.5 Å². The summed E-state index contributed by atoms with van der Waals surface area (Å²) in [5, 5.41) is 8.94. The Balaban J connectivity index is 2.80. The SMILES string of the molecule is CCn1cc(C(=O)O)c2ncccc21. The summed E-state index contributed by atoms with van der Waals surface area (Å²) in [5.41, 5.74) is 1.69. The molecule has 14 heavy (non-hydrogen) atoms. The molecule has 72 valence electrons. The lowest BCUT2D eigenvalue weighted by Crippen LogP contribution is -1.95. The smallest absolute Gasteiger partial charge is 0.339 e. The van der Waals surface area contributed by atoms with Crippen molar-refractivity contribution < 1.29 is 9.90 Å². The third kappa shape index (κ3) is 1.16. The van der Waals surface area contributed by atoms with Gasteiger partial charge >= 0.3 is 5.97 Å². The van der Waals surface area contributed by atoms with Gasteiger partial charge in [-0.25, -0.2) is 4.79 Å². The topological polar surface area (TPSA) is 55.1 Å². The zero-order valence-corrected chi connectivity index (χ0v) is 7.77. The van der Waals surface area contributed by atoms with Gasteiger partial charge < -0.3 is 9.67 Å². The monoisotopic (exact) mass is 190 g/mol. The average Bonchev–Trinajstić information content (AvgIpc) is 2.56. The van der Waals surface area contributed by atoms with Crippen molar-refractivity contribution >= 4 is 17.0 Å². The van der Waals surface area contributed by atoms with Gasteiger partial charge in [0.15, 0.2) is 0 Å². The van der Waals surface area contributed by atoms with Crippen LogP contribution >= 0.6 is 0 Å². The maximum absolute atomic E-state index is 10.9. The molecule has 2 aromatic heterocycles. The van der Waals surface area contributed by atoms with Crippen LogP contribution in [0.4, 0.5) is 0 Å². The molecule has 2 aromatic rings. The van der Waals surface area contributed by atoms with E-state index in [2.05, 4.69) is 4.98 Å². The molecule has 4 heteroatoms. The molecule has 0 spiro atoms. The van der Waals surface area contributed by atoms with Crippen LogP contribution in [0.25, 0.3) is 11.0 Å². The highest BCUT2D eigenvalue weighted by molar-refractivity contribution is 6.01. The molecule has 2 heterocycles. The molecule has 0 bridgehead atoms. The molecule has 0 aromatic carbocycles. The Morgan fingerprint density at radius 3 is 3.07 bits per heavy atom. The molecule has 0 fully saturated rings. The number of pyridine rings is 1. The lowest BCUT2D eigenvalue weighted by Gasteiger charge is -1.97. The fourth-order valence-corrected chi connectivity index (χ4v) is 1.54. The van der Waals surface area contributed by atoms with Gasteiger partial charge in [-0.05, 0) is 19.1 Å². The minimum absolute atomic E-state index is 0.266. The van der Waals surface area contributed by atoms with Crippen molar-refractivity contribution in [1.29, 1.82) is 0 Å². The molecule has 0 saturated carbocycles. The second kappa shape index (κ2) is 3.14. The van der Waals surface area contributed by atoms with Crippen LogP contribution in [0.5, 0.6) is 0 Å². The van der Waals surface area contributed by atoms with Crippen molar-refractivity contribution in [3.8, 4) is 0 Å². The Hall–Kier alpha value is -1.84. The summed E-state index contributed by atoms with van der Waals surface area (Å²) in [5.74, 6) is -0.930. The Bertz CT molecular complexity index is 488. The summed E-state index contributed by atoms with van der Waals surface area (Å²) in [6.07, 6.45) is 3.23. The molecular weight excluding hydrogens is 180 g/mol. The van der Waals surface area contributed by atoms with Crippen molar-refractivity contribution in [1.82, 2.24) is 9.55 Å². The number of hydrogen-bond donors (Lipinski definition) is 1. The number of carboxylic acid groups (broad SMARTS) is 1. The van der Waals surface area contributed by atoms with E-state index in [1.165, 1.54) is 0 Å². The van der Waals surface area contributed by atoms with Crippen molar-refractivity contribution in [3.05, 3.63) is 30.1 Å². The summed E-state index contributed by atoms with van der Waals surface area (Å²) in [6.45, 7) is 2.72. The molecule has 0 radical (unpaired) electrons. The van der Waals surface area contributed by atoms with Gasteiger partial charge in [0.05, 0.1) is 5.52 Å². The summed E-state index contributed by atoms with van der Waals surface area (Å²) in [4.78, 5) is 15.0. The van der Waals surface area contributed by atoms with Crippen LogP contribution in [0.2, 0.25) is 0 Å². The second-order valence-corrected chi connectivity index (χ2v) is 3.01. The average molecular weight is 190 g/mol. The molecule has 0 saturated heterocycles. The number of carboxylic acids is 1. The van der Waals surface area contributed by atoms with Crippen LogP contribution < -0.4 is 0 Å². The van der Waals surface area contributed by atoms with Gasteiger partial charge in [0, 0.05) is 18.9 Å². The standard InChI is InChI=1S/C10H10N2O2/c1-2-12-6-7(10(13)14)9-8(12)4-3-5-11-9/h3-6H,2H2,1H3,(H,13,14). The third-order valence-corrected chi connectivity index (χ3v) is 2.21. The highest BCUT2D eigenvalue weighted by atomic mass is 16.4. The molecule has 1 N–H and O–H groups in total. The lowest BCUT2D eigenvalue weighted by atomic mass is 10.3. The van der Waals surface area contributed by atoms with Crippen molar-refractivity contribution in [2.24, 2.45) is 0 Å². The van der Waals surface area contributed by atoms with Gasteiger partial charge in [0.1, 0.15) is 11.1 Å². The number of carbonyl (C=O) groups is 1. The van der Waals surface area contributed by atoms with Gasteiger partial charge in [-0.3, -0.25) is 4.98 Å².